The van der Waals surface area contributed by atoms with Gasteiger partial charge in [-0.15, -0.1) is 0 Å². The van der Waals surface area contributed by atoms with Crippen molar-refractivity contribution in [1.29, 1.82) is 0 Å². The van der Waals surface area contributed by atoms with Crippen LogP contribution in [0.2, 0.25) is 0 Å². The lowest BCUT2D eigenvalue weighted by Gasteiger charge is -2.22. The average Bonchev–Trinajstić information content (AvgIpc) is 3.51. The maximum atomic E-state index is 12.8. The van der Waals surface area contributed by atoms with Gasteiger partial charge in [0.25, 0.3) is 0 Å². The van der Waals surface area contributed by atoms with E-state index < -0.39 is 17.8 Å². The van der Waals surface area contributed by atoms with E-state index >= 15 is 0 Å². The Morgan fingerprint density at radius 1 is 0.886 bits per heavy atom. The summed E-state index contributed by atoms with van der Waals surface area (Å²) in [6.07, 6.45) is 0. The van der Waals surface area contributed by atoms with Crippen LogP contribution in [0.15, 0.2) is 84.9 Å². The smallest absolute Gasteiger partial charge is 0.308 e. The number of carboxylic acid groups (broad SMARTS) is 1. The summed E-state index contributed by atoms with van der Waals surface area (Å²) in [4.78, 5) is 17.9. The fourth-order valence-electron chi connectivity index (χ4n) is 5.28. The fraction of sp³-hybridized carbons (Fsp3) is 0.172. The molecule has 0 saturated carbocycles. The molecule has 0 spiro atoms. The minimum absolute atomic E-state index is 0.166. The highest BCUT2D eigenvalue weighted by molar-refractivity contribution is 5.78. The fourth-order valence-corrected chi connectivity index (χ4v) is 5.28. The third-order valence-corrected chi connectivity index (χ3v) is 6.89. The minimum Gasteiger partial charge on any atom is -0.497 e. The van der Waals surface area contributed by atoms with Gasteiger partial charge in [-0.3, -0.25) is 9.78 Å². The minimum atomic E-state index is -0.868. The highest BCUT2D eigenvalue weighted by Crippen LogP contribution is 2.53. The predicted molar refractivity (Wildman–Crippen MR) is 130 cm³/mol. The SMILES string of the molecule is COc1ccc([C@@H]2c3nc(-c4ccccc4)ccc3[C@H](c3ccc4c(c3)OCO4)[C@H]2C(=O)O)cc1. The van der Waals surface area contributed by atoms with Gasteiger partial charge in [0.15, 0.2) is 11.5 Å². The monoisotopic (exact) mass is 465 g/mol. The lowest BCUT2D eigenvalue weighted by atomic mass is 9.80. The van der Waals surface area contributed by atoms with E-state index in [4.69, 9.17) is 19.2 Å². The van der Waals surface area contributed by atoms with Crippen molar-refractivity contribution in [3.8, 4) is 28.5 Å². The molecule has 2 aliphatic rings. The molecule has 0 unspecified atom stereocenters. The van der Waals surface area contributed by atoms with Gasteiger partial charge in [0.1, 0.15) is 5.75 Å². The highest BCUT2D eigenvalue weighted by Gasteiger charge is 2.48. The molecule has 35 heavy (non-hydrogen) atoms. The van der Waals surface area contributed by atoms with Gasteiger partial charge in [-0.1, -0.05) is 54.6 Å². The van der Waals surface area contributed by atoms with Crippen molar-refractivity contribution in [1.82, 2.24) is 4.98 Å². The topological polar surface area (TPSA) is 77.9 Å². The van der Waals surface area contributed by atoms with Gasteiger partial charge in [0, 0.05) is 17.4 Å². The number of carboxylic acids is 1. The lowest BCUT2D eigenvalue weighted by molar-refractivity contribution is -0.142. The van der Waals surface area contributed by atoms with Crippen LogP contribution in [-0.2, 0) is 4.79 Å². The average molecular weight is 466 g/mol. The molecule has 1 aliphatic carbocycles. The summed E-state index contributed by atoms with van der Waals surface area (Å²) in [6.45, 7) is 0.166. The number of aromatic nitrogens is 1. The number of benzene rings is 3. The van der Waals surface area contributed by atoms with Crippen LogP contribution in [-0.4, -0.2) is 30.0 Å². The Labute approximate surface area is 202 Å². The zero-order valence-electron chi connectivity index (χ0n) is 19.0. The molecule has 1 aromatic heterocycles. The quantitative estimate of drug-likeness (QED) is 0.422. The molecular weight excluding hydrogens is 442 g/mol. The van der Waals surface area contributed by atoms with Crippen molar-refractivity contribution in [2.24, 2.45) is 5.92 Å². The van der Waals surface area contributed by atoms with Gasteiger partial charge in [0.2, 0.25) is 6.79 Å². The van der Waals surface area contributed by atoms with Gasteiger partial charge < -0.3 is 19.3 Å². The summed E-state index contributed by atoms with van der Waals surface area (Å²) in [6, 6.07) is 27.2. The van der Waals surface area contributed by atoms with Crippen LogP contribution in [0.5, 0.6) is 17.2 Å². The zero-order valence-corrected chi connectivity index (χ0v) is 19.0. The Bertz CT molecular complexity index is 1400. The summed E-state index contributed by atoms with van der Waals surface area (Å²) in [5, 5.41) is 10.5. The van der Waals surface area contributed by atoms with Crippen molar-refractivity contribution in [2.75, 3.05) is 13.9 Å². The first-order chi connectivity index (χ1) is 17.1. The van der Waals surface area contributed by atoms with E-state index in [1.807, 2.05) is 84.9 Å². The van der Waals surface area contributed by atoms with Crippen LogP contribution in [0.4, 0.5) is 0 Å². The Balaban J connectivity index is 1.54. The Kier molecular flexibility index (Phi) is 5.14. The van der Waals surface area contributed by atoms with Gasteiger partial charge in [-0.25, -0.2) is 0 Å². The van der Waals surface area contributed by atoms with E-state index in [0.717, 1.165) is 39.4 Å². The summed E-state index contributed by atoms with van der Waals surface area (Å²) in [5.41, 5.74) is 5.26. The molecule has 0 bridgehead atoms. The maximum Gasteiger partial charge on any atom is 0.308 e. The number of methoxy groups -OCH3 is 1. The van der Waals surface area contributed by atoms with Gasteiger partial charge in [0.05, 0.1) is 24.4 Å². The number of nitrogens with zero attached hydrogens (tertiary/aromatic N) is 1. The molecule has 0 fully saturated rings. The Morgan fingerprint density at radius 3 is 2.37 bits per heavy atom. The highest BCUT2D eigenvalue weighted by atomic mass is 16.7. The summed E-state index contributed by atoms with van der Waals surface area (Å²) < 4.78 is 16.4. The van der Waals surface area contributed by atoms with E-state index in [-0.39, 0.29) is 12.7 Å². The van der Waals surface area contributed by atoms with Crippen molar-refractivity contribution in [2.45, 2.75) is 11.8 Å². The van der Waals surface area contributed by atoms with E-state index in [0.29, 0.717) is 11.5 Å². The van der Waals surface area contributed by atoms with Crippen LogP contribution in [0.3, 0.4) is 0 Å². The molecule has 0 saturated heterocycles. The van der Waals surface area contributed by atoms with Gasteiger partial charge >= 0.3 is 5.97 Å². The molecule has 6 heteroatoms. The van der Waals surface area contributed by atoms with Crippen LogP contribution in [0.1, 0.15) is 34.2 Å². The normalized spacial score (nSPS) is 19.9. The molecule has 1 N–H and O–H groups in total. The number of ether oxygens (including phenoxy) is 3. The molecule has 1 aliphatic heterocycles. The third kappa shape index (κ3) is 3.58. The standard InChI is InChI=1S/C29H23NO5/c1-33-20-10-7-18(8-11-20)26-27(29(31)32)25(19-9-14-23-24(15-19)35-16-34-23)21-12-13-22(30-28(21)26)17-5-3-2-4-6-17/h2-15,25-27H,16H2,1H3,(H,31,32)/t25-,26-,27+/m0/s1. The molecule has 3 aromatic carbocycles. The van der Waals surface area contributed by atoms with Crippen LogP contribution in [0.25, 0.3) is 11.3 Å². The number of aliphatic carboxylic acids is 1. The summed E-state index contributed by atoms with van der Waals surface area (Å²) in [7, 11) is 1.61. The molecule has 2 heterocycles. The van der Waals surface area contributed by atoms with E-state index in [1.54, 1.807) is 7.11 Å². The number of fused-ring (bicyclic) bond motifs is 2. The number of rotatable bonds is 5. The second kappa shape index (κ2) is 8.47. The van der Waals surface area contributed by atoms with Crippen molar-refractivity contribution >= 4 is 5.97 Å². The molecular formula is C29H23NO5. The predicted octanol–water partition coefficient (Wildman–Crippen LogP) is 5.46. The Morgan fingerprint density at radius 2 is 1.63 bits per heavy atom. The lowest BCUT2D eigenvalue weighted by Crippen LogP contribution is -2.24. The van der Waals surface area contributed by atoms with Crippen molar-refractivity contribution < 1.29 is 24.1 Å². The van der Waals surface area contributed by atoms with E-state index in [2.05, 4.69) is 0 Å². The zero-order chi connectivity index (χ0) is 23.9. The maximum absolute atomic E-state index is 12.8. The van der Waals surface area contributed by atoms with Crippen molar-refractivity contribution in [3.63, 3.8) is 0 Å². The number of pyridine rings is 1. The largest absolute Gasteiger partial charge is 0.497 e. The van der Waals surface area contributed by atoms with Gasteiger partial charge in [-0.05, 0) is 47.0 Å². The summed E-state index contributed by atoms with van der Waals surface area (Å²) in [5.74, 6) is -0.394. The first-order valence-corrected chi connectivity index (χ1v) is 11.5. The van der Waals surface area contributed by atoms with Gasteiger partial charge in [-0.2, -0.15) is 0 Å². The number of hydrogen-bond donors (Lipinski definition) is 1. The van der Waals surface area contributed by atoms with Crippen molar-refractivity contribution in [3.05, 3.63) is 107 Å². The molecule has 6 rings (SSSR count). The van der Waals surface area contributed by atoms with Crippen LogP contribution in [0, 0.1) is 5.92 Å². The number of carbonyl (C=O) groups is 1. The first kappa shape index (κ1) is 21.2. The van der Waals surface area contributed by atoms with Crippen LogP contribution < -0.4 is 14.2 Å². The molecule has 6 nitrogen and oxygen atoms in total. The summed E-state index contributed by atoms with van der Waals surface area (Å²) >= 11 is 0. The molecule has 0 amide bonds. The Hall–Kier alpha value is -4.32. The van der Waals surface area contributed by atoms with E-state index in [1.165, 1.54) is 0 Å². The number of hydrogen-bond acceptors (Lipinski definition) is 5. The second-order valence-electron chi connectivity index (χ2n) is 8.74. The molecule has 0 radical (unpaired) electrons. The van der Waals surface area contributed by atoms with E-state index in [9.17, 15) is 9.90 Å². The molecule has 4 aromatic rings. The second-order valence-corrected chi connectivity index (χ2v) is 8.74. The third-order valence-electron chi connectivity index (χ3n) is 6.89. The first-order valence-electron chi connectivity index (χ1n) is 11.5. The van der Waals surface area contributed by atoms with Crippen LogP contribution >= 0.6 is 0 Å². The molecule has 3 atom stereocenters. The molecule has 174 valence electrons.